The first kappa shape index (κ1) is 13.3. The summed E-state index contributed by atoms with van der Waals surface area (Å²) < 4.78 is 0.846. The number of hydrogen-bond acceptors (Lipinski definition) is 4. The summed E-state index contributed by atoms with van der Waals surface area (Å²) in [7, 11) is 0. The van der Waals surface area contributed by atoms with E-state index in [2.05, 4.69) is 26.2 Å². The molecule has 0 saturated heterocycles. The van der Waals surface area contributed by atoms with Crippen LogP contribution in [0.1, 0.15) is 15.2 Å². The second-order valence-corrected chi connectivity index (χ2v) is 5.78. The molecule has 2 heterocycles. The number of rotatable bonds is 4. The maximum atomic E-state index is 11.0. The van der Waals surface area contributed by atoms with E-state index in [1.165, 1.54) is 11.3 Å². The minimum Gasteiger partial charge on any atom is -0.378 e. The van der Waals surface area contributed by atoms with Gasteiger partial charge in [0.2, 0.25) is 5.91 Å². The Balaban J connectivity index is 2.06. The molecule has 0 spiro atoms. The van der Waals surface area contributed by atoms with Crippen molar-refractivity contribution in [1.82, 2.24) is 4.98 Å². The van der Waals surface area contributed by atoms with Gasteiger partial charge in [-0.15, -0.1) is 11.3 Å². The summed E-state index contributed by atoms with van der Waals surface area (Å²) in [6.45, 7) is 0.565. The summed E-state index contributed by atoms with van der Waals surface area (Å²) in [5.41, 5.74) is 6.45. The molecule has 3 N–H and O–H groups in total. The number of hydrogen-bond donors (Lipinski definition) is 2. The molecular formula is C11H9BrClN3OS. The molecule has 0 aliphatic heterocycles. The fourth-order valence-corrected chi connectivity index (χ4v) is 2.65. The molecule has 0 bridgehead atoms. The van der Waals surface area contributed by atoms with Crippen LogP contribution >= 0.6 is 38.9 Å². The molecular weight excluding hydrogens is 338 g/mol. The smallest absolute Gasteiger partial charge is 0.249 e. The van der Waals surface area contributed by atoms with Crippen LogP contribution in [0.2, 0.25) is 5.15 Å². The third-order valence-electron chi connectivity index (χ3n) is 2.20. The van der Waals surface area contributed by atoms with Crippen molar-refractivity contribution in [2.24, 2.45) is 5.73 Å². The summed E-state index contributed by atoms with van der Waals surface area (Å²) >= 11 is 10.7. The topological polar surface area (TPSA) is 68.0 Å². The second-order valence-electron chi connectivity index (χ2n) is 3.51. The lowest BCUT2D eigenvalue weighted by Gasteiger charge is -2.06. The number of carbonyl (C=O) groups is 1. The highest BCUT2D eigenvalue weighted by atomic mass is 79.9. The van der Waals surface area contributed by atoms with E-state index in [4.69, 9.17) is 17.3 Å². The quantitative estimate of drug-likeness (QED) is 0.835. The van der Waals surface area contributed by atoms with Crippen LogP contribution in [-0.4, -0.2) is 10.9 Å². The fourth-order valence-electron chi connectivity index (χ4n) is 1.33. The van der Waals surface area contributed by atoms with Crippen LogP contribution in [0.4, 0.5) is 5.69 Å². The van der Waals surface area contributed by atoms with Gasteiger partial charge < -0.3 is 11.1 Å². The Hall–Kier alpha value is -1.11. The fraction of sp³-hybridized carbons (Fsp3) is 0.0909. The minimum absolute atomic E-state index is 0.407. The number of thiophene rings is 1. The van der Waals surface area contributed by atoms with E-state index in [1.54, 1.807) is 17.6 Å². The van der Waals surface area contributed by atoms with Crippen molar-refractivity contribution in [3.63, 3.8) is 0 Å². The number of anilines is 1. The van der Waals surface area contributed by atoms with Crippen molar-refractivity contribution in [2.45, 2.75) is 6.54 Å². The van der Waals surface area contributed by atoms with E-state index in [0.29, 0.717) is 17.3 Å². The number of carbonyl (C=O) groups excluding carboxylic acids is 1. The van der Waals surface area contributed by atoms with Crippen LogP contribution in [0.5, 0.6) is 0 Å². The highest BCUT2D eigenvalue weighted by Crippen LogP contribution is 2.24. The van der Waals surface area contributed by atoms with Crippen molar-refractivity contribution in [2.75, 3.05) is 5.32 Å². The van der Waals surface area contributed by atoms with Crippen LogP contribution in [0.15, 0.2) is 28.2 Å². The predicted molar refractivity (Wildman–Crippen MR) is 77.1 cm³/mol. The molecule has 0 fully saturated rings. The van der Waals surface area contributed by atoms with Gasteiger partial charge >= 0.3 is 0 Å². The third kappa shape index (κ3) is 3.22. The van der Waals surface area contributed by atoms with Crippen LogP contribution < -0.4 is 11.1 Å². The molecule has 94 valence electrons. The Bertz CT molecular complexity index is 587. The molecule has 0 aliphatic rings. The molecule has 0 saturated carbocycles. The van der Waals surface area contributed by atoms with E-state index in [1.807, 2.05) is 6.07 Å². The normalized spacial score (nSPS) is 10.3. The SMILES string of the molecule is NC(=O)c1csc(CNc2cc(Br)cnc2Cl)c1. The minimum atomic E-state index is -0.417. The zero-order chi connectivity index (χ0) is 13.1. The number of aromatic nitrogens is 1. The molecule has 0 radical (unpaired) electrons. The molecule has 0 aliphatic carbocycles. The van der Waals surface area contributed by atoms with Gasteiger partial charge in [0.1, 0.15) is 0 Å². The summed E-state index contributed by atoms with van der Waals surface area (Å²) in [6.07, 6.45) is 1.63. The molecule has 0 atom stereocenters. The Kier molecular flexibility index (Phi) is 4.21. The van der Waals surface area contributed by atoms with Gasteiger partial charge in [-0.25, -0.2) is 4.98 Å². The first-order chi connectivity index (χ1) is 8.56. The van der Waals surface area contributed by atoms with E-state index in [-0.39, 0.29) is 0 Å². The average molecular weight is 347 g/mol. The van der Waals surface area contributed by atoms with Crippen molar-refractivity contribution in [3.05, 3.63) is 43.8 Å². The number of nitrogens with zero attached hydrogens (tertiary/aromatic N) is 1. The Morgan fingerprint density at radius 3 is 3.00 bits per heavy atom. The first-order valence-corrected chi connectivity index (χ1v) is 7.03. The summed E-state index contributed by atoms with van der Waals surface area (Å²) in [5, 5.41) is 5.30. The monoisotopic (exact) mass is 345 g/mol. The number of nitrogens with one attached hydrogen (secondary N) is 1. The van der Waals surface area contributed by atoms with Crippen LogP contribution in [0, 0.1) is 0 Å². The molecule has 0 unspecified atom stereocenters. The van der Waals surface area contributed by atoms with Crippen molar-refractivity contribution in [3.8, 4) is 0 Å². The molecule has 0 aromatic carbocycles. The number of pyridine rings is 1. The summed E-state index contributed by atoms with van der Waals surface area (Å²) in [6, 6.07) is 3.61. The highest BCUT2D eigenvalue weighted by Gasteiger charge is 2.06. The predicted octanol–water partition coefficient (Wildman–Crippen LogP) is 3.27. The van der Waals surface area contributed by atoms with Gasteiger partial charge in [0.25, 0.3) is 0 Å². The van der Waals surface area contributed by atoms with Crippen LogP contribution in [-0.2, 0) is 6.54 Å². The molecule has 2 aromatic rings. The molecule has 7 heteroatoms. The van der Waals surface area contributed by atoms with Gasteiger partial charge in [0, 0.05) is 27.5 Å². The Morgan fingerprint density at radius 2 is 2.33 bits per heavy atom. The van der Waals surface area contributed by atoms with Gasteiger partial charge in [0.15, 0.2) is 5.15 Å². The van der Waals surface area contributed by atoms with Gasteiger partial charge in [-0.3, -0.25) is 4.79 Å². The zero-order valence-electron chi connectivity index (χ0n) is 9.11. The number of nitrogens with two attached hydrogens (primary N) is 1. The lowest BCUT2D eigenvalue weighted by molar-refractivity contribution is 0.100. The maximum absolute atomic E-state index is 11.0. The largest absolute Gasteiger partial charge is 0.378 e. The summed E-state index contributed by atoms with van der Waals surface area (Å²) in [5.74, 6) is -0.417. The summed E-state index contributed by atoms with van der Waals surface area (Å²) in [4.78, 5) is 16.0. The van der Waals surface area contributed by atoms with Crippen molar-refractivity contribution in [1.29, 1.82) is 0 Å². The lowest BCUT2D eigenvalue weighted by Crippen LogP contribution is -2.09. The molecule has 1 amide bonds. The van der Waals surface area contributed by atoms with Crippen molar-refractivity contribution >= 4 is 50.5 Å². The average Bonchev–Trinajstić information content (AvgIpc) is 2.79. The standard InChI is InChI=1S/C11H9BrClN3OS/c12-7-2-9(10(13)16-3-7)15-4-8-1-6(5-18-8)11(14)17/h1-3,5,15H,4H2,(H2,14,17). The Morgan fingerprint density at radius 1 is 1.56 bits per heavy atom. The maximum Gasteiger partial charge on any atom is 0.249 e. The lowest BCUT2D eigenvalue weighted by atomic mass is 10.3. The highest BCUT2D eigenvalue weighted by molar-refractivity contribution is 9.10. The molecule has 18 heavy (non-hydrogen) atoms. The second kappa shape index (κ2) is 5.69. The van der Waals surface area contributed by atoms with Gasteiger partial charge in [-0.1, -0.05) is 11.6 Å². The van der Waals surface area contributed by atoms with Crippen molar-refractivity contribution < 1.29 is 4.79 Å². The third-order valence-corrected chi connectivity index (χ3v) is 3.87. The number of amides is 1. The first-order valence-electron chi connectivity index (χ1n) is 4.98. The van der Waals surface area contributed by atoms with Crippen LogP contribution in [0.25, 0.3) is 0 Å². The number of halogens is 2. The van der Waals surface area contributed by atoms with E-state index in [0.717, 1.165) is 15.0 Å². The van der Waals surface area contributed by atoms with Gasteiger partial charge in [0.05, 0.1) is 11.3 Å². The van der Waals surface area contributed by atoms with Gasteiger partial charge in [-0.2, -0.15) is 0 Å². The number of primary amides is 1. The molecule has 4 nitrogen and oxygen atoms in total. The van der Waals surface area contributed by atoms with Gasteiger partial charge in [-0.05, 0) is 28.1 Å². The van der Waals surface area contributed by atoms with E-state index >= 15 is 0 Å². The van der Waals surface area contributed by atoms with E-state index < -0.39 is 5.91 Å². The van der Waals surface area contributed by atoms with Crippen LogP contribution in [0.3, 0.4) is 0 Å². The zero-order valence-corrected chi connectivity index (χ0v) is 12.3. The molecule has 2 aromatic heterocycles. The Labute approximate surface area is 121 Å². The van der Waals surface area contributed by atoms with E-state index in [9.17, 15) is 4.79 Å². The molecule has 2 rings (SSSR count).